The first-order valence-electron chi connectivity index (χ1n) is 6.81. The lowest BCUT2D eigenvalue weighted by Gasteiger charge is -2.40. The molecule has 104 valence electrons. The lowest BCUT2D eigenvalue weighted by atomic mass is 10.1. The van der Waals surface area contributed by atoms with Crippen molar-refractivity contribution >= 4 is 34.6 Å². The largest absolute Gasteiger partial charge is 0.349 e. The van der Waals surface area contributed by atoms with Crippen molar-refractivity contribution in [2.75, 3.05) is 24.5 Å². The Kier molecular flexibility index (Phi) is 4.69. The fourth-order valence-corrected chi connectivity index (χ4v) is 3.12. The second-order valence-electron chi connectivity index (χ2n) is 5.56. The summed E-state index contributed by atoms with van der Waals surface area (Å²) >= 11 is 11.7. The van der Waals surface area contributed by atoms with Crippen LogP contribution in [0.1, 0.15) is 25.8 Å². The molecule has 0 radical (unpaired) electrons. The number of nitrogens with zero attached hydrogens (tertiary/aromatic N) is 2. The quantitative estimate of drug-likeness (QED) is 0.775. The van der Waals surface area contributed by atoms with Crippen molar-refractivity contribution in [2.24, 2.45) is 5.92 Å². The molecule has 0 aromatic heterocycles. The minimum atomic E-state index is 0.629. The van der Waals surface area contributed by atoms with E-state index < -0.39 is 0 Å². The van der Waals surface area contributed by atoms with Gasteiger partial charge in [0.15, 0.2) is 5.11 Å². The van der Waals surface area contributed by atoms with Crippen LogP contribution in [-0.4, -0.2) is 29.6 Å². The molecule has 0 bridgehead atoms. The van der Waals surface area contributed by atoms with Gasteiger partial charge in [0.05, 0.1) is 0 Å². The molecule has 2 rings (SSSR count). The number of halogens is 1. The summed E-state index contributed by atoms with van der Waals surface area (Å²) in [5, 5.41) is 1.73. The Labute approximate surface area is 126 Å². The van der Waals surface area contributed by atoms with E-state index in [1.54, 1.807) is 0 Å². The van der Waals surface area contributed by atoms with Gasteiger partial charge < -0.3 is 9.80 Å². The van der Waals surface area contributed by atoms with E-state index in [1.165, 1.54) is 11.3 Å². The number of thiocarbonyl (C=S) groups is 1. The summed E-state index contributed by atoms with van der Waals surface area (Å²) in [7, 11) is 0. The van der Waals surface area contributed by atoms with E-state index in [0.29, 0.717) is 5.92 Å². The molecule has 1 heterocycles. The molecule has 0 amide bonds. The molecule has 1 aromatic carbocycles. The molecule has 1 saturated heterocycles. The highest BCUT2D eigenvalue weighted by molar-refractivity contribution is 7.80. The zero-order valence-electron chi connectivity index (χ0n) is 11.8. The van der Waals surface area contributed by atoms with Crippen molar-refractivity contribution in [3.05, 3.63) is 28.8 Å². The fourth-order valence-electron chi connectivity index (χ4n) is 2.54. The van der Waals surface area contributed by atoms with Crippen molar-refractivity contribution in [1.29, 1.82) is 0 Å². The molecule has 1 aromatic rings. The second kappa shape index (κ2) is 6.10. The van der Waals surface area contributed by atoms with Crippen LogP contribution in [-0.2, 0) is 0 Å². The topological polar surface area (TPSA) is 6.48 Å². The highest BCUT2D eigenvalue weighted by Gasteiger charge is 2.24. The Morgan fingerprint density at radius 3 is 2.68 bits per heavy atom. The first-order valence-corrected chi connectivity index (χ1v) is 7.60. The molecule has 2 nitrogen and oxygen atoms in total. The minimum Gasteiger partial charge on any atom is -0.349 e. The van der Waals surface area contributed by atoms with E-state index in [-0.39, 0.29) is 0 Å². The molecule has 0 unspecified atom stereocenters. The SMILES string of the molecule is Cc1cc(Cl)ccc1N1CCCN(CC(C)C)C1=S. The van der Waals surface area contributed by atoms with E-state index >= 15 is 0 Å². The van der Waals surface area contributed by atoms with Crippen LogP contribution in [0.15, 0.2) is 18.2 Å². The van der Waals surface area contributed by atoms with E-state index in [4.69, 9.17) is 23.8 Å². The summed E-state index contributed by atoms with van der Waals surface area (Å²) in [5.74, 6) is 0.629. The van der Waals surface area contributed by atoms with Crippen molar-refractivity contribution in [2.45, 2.75) is 27.2 Å². The molecule has 0 aliphatic carbocycles. The van der Waals surface area contributed by atoms with Gasteiger partial charge in [-0.15, -0.1) is 0 Å². The van der Waals surface area contributed by atoms with Crippen molar-refractivity contribution in [3.63, 3.8) is 0 Å². The molecule has 0 saturated carbocycles. The molecule has 1 aliphatic rings. The van der Waals surface area contributed by atoms with Gasteiger partial charge in [-0.1, -0.05) is 25.4 Å². The maximum atomic E-state index is 6.03. The molecule has 19 heavy (non-hydrogen) atoms. The number of hydrogen-bond donors (Lipinski definition) is 0. The summed E-state index contributed by atoms with van der Waals surface area (Å²) in [4.78, 5) is 4.56. The van der Waals surface area contributed by atoms with Crippen LogP contribution < -0.4 is 4.90 Å². The van der Waals surface area contributed by atoms with Gasteiger partial charge in [-0.2, -0.15) is 0 Å². The number of aryl methyl sites for hydroxylation is 1. The summed E-state index contributed by atoms with van der Waals surface area (Å²) in [5.41, 5.74) is 2.36. The highest BCUT2D eigenvalue weighted by atomic mass is 35.5. The van der Waals surface area contributed by atoms with Crippen LogP contribution in [0.2, 0.25) is 5.02 Å². The average Bonchev–Trinajstić information content (AvgIpc) is 2.32. The minimum absolute atomic E-state index is 0.629. The lowest BCUT2D eigenvalue weighted by Crippen LogP contribution is -2.50. The third-order valence-corrected chi connectivity index (χ3v) is 4.06. The summed E-state index contributed by atoms with van der Waals surface area (Å²) in [6.45, 7) is 9.65. The Hall–Kier alpha value is -0.800. The van der Waals surface area contributed by atoms with Crippen LogP contribution in [0, 0.1) is 12.8 Å². The van der Waals surface area contributed by atoms with Crippen molar-refractivity contribution in [3.8, 4) is 0 Å². The van der Waals surface area contributed by atoms with Crippen LogP contribution in [0.4, 0.5) is 5.69 Å². The second-order valence-corrected chi connectivity index (χ2v) is 6.36. The fraction of sp³-hybridized carbons (Fsp3) is 0.533. The van der Waals surface area contributed by atoms with Gasteiger partial charge in [0.1, 0.15) is 0 Å². The lowest BCUT2D eigenvalue weighted by molar-refractivity contribution is 0.345. The molecule has 0 atom stereocenters. The number of rotatable bonds is 3. The molecular weight excluding hydrogens is 276 g/mol. The van der Waals surface area contributed by atoms with Gasteiger partial charge in [-0.25, -0.2) is 0 Å². The Bertz CT molecular complexity index is 473. The smallest absolute Gasteiger partial charge is 0.176 e. The van der Waals surface area contributed by atoms with Crippen molar-refractivity contribution < 1.29 is 0 Å². The molecule has 4 heteroatoms. The van der Waals surface area contributed by atoms with Crippen LogP contribution in [0.3, 0.4) is 0 Å². The standard InChI is InChI=1S/C15H21ClN2S/c1-11(2)10-17-7-4-8-18(15(17)19)14-6-5-13(16)9-12(14)3/h5-6,9,11H,4,7-8,10H2,1-3H3. The van der Waals surface area contributed by atoms with E-state index in [0.717, 1.165) is 36.2 Å². The van der Waals surface area contributed by atoms with Gasteiger partial charge in [-0.3, -0.25) is 0 Å². The maximum Gasteiger partial charge on any atom is 0.176 e. The van der Waals surface area contributed by atoms with Crippen molar-refractivity contribution in [1.82, 2.24) is 4.90 Å². The number of hydrogen-bond acceptors (Lipinski definition) is 1. The summed E-state index contributed by atoms with van der Waals surface area (Å²) in [6, 6.07) is 6.01. The third-order valence-electron chi connectivity index (χ3n) is 3.35. The van der Waals surface area contributed by atoms with Gasteiger partial charge in [-0.05, 0) is 55.2 Å². The zero-order chi connectivity index (χ0) is 14.0. The Morgan fingerprint density at radius 2 is 2.05 bits per heavy atom. The first-order chi connectivity index (χ1) is 8.99. The van der Waals surface area contributed by atoms with E-state index in [9.17, 15) is 0 Å². The normalized spacial score (nSPS) is 16.4. The van der Waals surface area contributed by atoms with Crippen LogP contribution >= 0.6 is 23.8 Å². The van der Waals surface area contributed by atoms with Gasteiger partial charge in [0.2, 0.25) is 0 Å². The van der Waals surface area contributed by atoms with Crippen LogP contribution in [0.25, 0.3) is 0 Å². The Balaban J connectivity index is 2.21. The Morgan fingerprint density at radius 1 is 1.32 bits per heavy atom. The van der Waals surface area contributed by atoms with E-state index in [1.807, 2.05) is 12.1 Å². The van der Waals surface area contributed by atoms with Crippen LogP contribution in [0.5, 0.6) is 0 Å². The predicted octanol–water partition coefficient (Wildman–Crippen LogP) is 4.10. The van der Waals surface area contributed by atoms with Gasteiger partial charge in [0, 0.05) is 30.3 Å². The molecule has 0 N–H and O–H groups in total. The maximum absolute atomic E-state index is 6.03. The highest BCUT2D eigenvalue weighted by Crippen LogP contribution is 2.27. The summed E-state index contributed by atoms with van der Waals surface area (Å²) in [6.07, 6.45) is 1.15. The monoisotopic (exact) mass is 296 g/mol. The van der Waals surface area contributed by atoms with Gasteiger partial charge >= 0.3 is 0 Å². The van der Waals surface area contributed by atoms with Gasteiger partial charge in [0.25, 0.3) is 0 Å². The molecule has 1 aliphatic heterocycles. The first kappa shape index (κ1) is 14.6. The molecule has 0 spiro atoms. The average molecular weight is 297 g/mol. The number of anilines is 1. The molecule has 1 fully saturated rings. The van der Waals surface area contributed by atoms with E-state index in [2.05, 4.69) is 36.6 Å². The predicted molar refractivity (Wildman–Crippen MR) is 87.2 cm³/mol. The summed E-state index contributed by atoms with van der Waals surface area (Å²) < 4.78 is 0. The molecular formula is C15H21ClN2S. The number of benzene rings is 1. The zero-order valence-corrected chi connectivity index (χ0v) is 13.4. The third kappa shape index (κ3) is 3.40.